The zero-order valence-electron chi connectivity index (χ0n) is 18.3. The van der Waals surface area contributed by atoms with Crippen LogP contribution in [0.15, 0.2) is 24.3 Å². The number of hydrogen-bond donors (Lipinski definition) is 2. The number of hydrogen-bond acceptors (Lipinski definition) is 5. The Hall–Kier alpha value is -2.52. The summed E-state index contributed by atoms with van der Waals surface area (Å²) < 4.78 is 21.4. The maximum absolute atomic E-state index is 13.5. The van der Waals surface area contributed by atoms with Gasteiger partial charge in [-0.1, -0.05) is 30.2 Å². The number of halogens is 1. The molecule has 32 heavy (non-hydrogen) atoms. The van der Waals surface area contributed by atoms with Crippen LogP contribution in [0.5, 0.6) is 0 Å². The quantitative estimate of drug-likeness (QED) is 0.744. The van der Waals surface area contributed by atoms with Gasteiger partial charge in [-0.05, 0) is 43.4 Å². The van der Waals surface area contributed by atoms with E-state index in [4.69, 9.17) is 4.74 Å². The number of benzene rings is 1. The van der Waals surface area contributed by atoms with Crippen LogP contribution in [0, 0.1) is 5.82 Å². The molecule has 3 heterocycles. The zero-order valence-corrected chi connectivity index (χ0v) is 18.3. The summed E-state index contributed by atoms with van der Waals surface area (Å²) in [4.78, 5) is 14.6. The SMILES string of the molecule is O=C(NC1CCCC1)NC1CCN(Cc2nnn3c2COC(c2cccc(F)c2)C3)CC1. The number of nitrogens with one attached hydrogen (secondary N) is 2. The Bertz CT molecular complexity index is 936. The van der Waals surface area contributed by atoms with Crippen LogP contribution in [-0.2, 0) is 24.4 Å². The van der Waals surface area contributed by atoms with Crippen molar-refractivity contribution in [2.24, 2.45) is 0 Å². The maximum Gasteiger partial charge on any atom is 0.315 e. The highest BCUT2D eigenvalue weighted by molar-refractivity contribution is 5.74. The van der Waals surface area contributed by atoms with E-state index in [1.165, 1.54) is 25.0 Å². The normalized spacial score (nSPS) is 22.6. The lowest BCUT2D eigenvalue weighted by Crippen LogP contribution is -2.49. The van der Waals surface area contributed by atoms with Crippen LogP contribution in [0.4, 0.5) is 9.18 Å². The smallest absolute Gasteiger partial charge is 0.315 e. The van der Waals surface area contributed by atoms with Gasteiger partial charge in [-0.2, -0.15) is 0 Å². The summed E-state index contributed by atoms with van der Waals surface area (Å²) >= 11 is 0. The van der Waals surface area contributed by atoms with Crippen molar-refractivity contribution in [1.29, 1.82) is 0 Å². The van der Waals surface area contributed by atoms with Crippen LogP contribution in [0.3, 0.4) is 0 Å². The van der Waals surface area contributed by atoms with Crippen molar-refractivity contribution >= 4 is 6.03 Å². The first-order valence-corrected chi connectivity index (χ1v) is 11.7. The highest BCUT2D eigenvalue weighted by Crippen LogP contribution is 2.28. The van der Waals surface area contributed by atoms with Gasteiger partial charge in [0.25, 0.3) is 0 Å². The second kappa shape index (κ2) is 9.54. The number of aromatic nitrogens is 3. The summed E-state index contributed by atoms with van der Waals surface area (Å²) in [5.41, 5.74) is 2.75. The van der Waals surface area contributed by atoms with Crippen molar-refractivity contribution in [3.05, 3.63) is 47.0 Å². The van der Waals surface area contributed by atoms with Crippen LogP contribution in [0.1, 0.15) is 61.6 Å². The standard InChI is InChI=1S/C23H31FN6O2/c24-17-5-3-4-16(12-17)22-14-30-21(15-32-22)20(27-28-30)13-29-10-8-19(9-11-29)26-23(31)25-18-6-1-2-7-18/h3-5,12,18-19,22H,1-2,6-11,13-15H2,(H2,25,26,31). The molecule has 2 N–H and O–H groups in total. The van der Waals surface area contributed by atoms with Crippen LogP contribution in [-0.4, -0.2) is 51.1 Å². The molecule has 0 spiro atoms. The predicted octanol–water partition coefficient (Wildman–Crippen LogP) is 2.89. The minimum absolute atomic E-state index is 0.0206. The average molecular weight is 443 g/mol. The monoisotopic (exact) mass is 442 g/mol. The molecule has 3 aliphatic rings. The number of fused-ring (bicyclic) bond motifs is 1. The Morgan fingerprint density at radius 2 is 1.88 bits per heavy atom. The predicted molar refractivity (Wildman–Crippen MR) is 116 cm³/mol. The lowest BCUT2D eigenvalue weighted by Gasteiger charge is -2.32. The van der Waals surface area contributed by atoms with E-state index in [0.29, 0.717) is 19.2 Å². The van der Waals surface area contributed by atoms with Gasteiger partial charge in [0.05, 0.1) is 18.8 Å². The fraction of sp³-hybridized carbons (Fsp3) is 0.609. The van der Waals surface area contributed by atoms with Crippen LogP contribution >= 0.6 is 0 Å². The third-order valence-electron chi connectivity index (χ3n) is 6.89. The molecular weight excluding hydrogens is 411 g/mol. The van der Waals surface area contributed by atoms with Gasteiger partial charge in [-0.3, -0.25) is 4.90 Å². The first-order valence-electron chi connectivity index (χ1n) is 11.7. The first-order chi connectivity index (χ1) is 15.6. The van der Waals surface area contributed by atoms with E-state index >= 15 is 0 Å². The second-order valence-corrected chi connectivity index (χ2v) is 9.17. The fourth-order valence-corrected chi connectivity index (χ4v) is 5.02. The molecule has 0 radical (unpaired) electrons. The van der Waals surface area contributed by atoms with E-state index in [1.54, 1.807) is 6.07 Å². The topological polar surface area (TPSA) is 84.3 Å². The second-order valence-electron chi connectivity index (χ2n) is 9.17. The molecule has 1 atom stereocenters. The number of carbonyl (C=O) groups excluding carboxylic acids is 1. The number of rotatable bonds is 5. The molecule has 8 nitrogen and oxygen atoms in total. The number of urea groups is 1. The number of ether oxygens (including phenoxy) is 1. The van der Waals surface area contributed by atoms with Gasteiger partial charge in [0.2, 0.25) is 0 Å². The summed E-state index contributed by atoms with van der Waals surface area (Å²) in [7, 11) is 0. The average Bonchev–Trinajstić information content (AvgIpc) is 3.45. The number of likely N-dealkylation sites (tertiary alicyclic amines) is 1. The van der Waals surface area contributed by atoms with E-state index < -0.39 is 0 Å². The summed E-state index contributed by atoms with van der Waals surface area (Å²) in [6, 6.07) is 7.07. The zero-order chi connectivity index (χ0) is 21.9. The molecule has 2 aromatic rings. The Balaban J connectivity index is 1.11. The van der Waals surface area contributed by atoms with Gasteiger partial charge >= 0.3 is 6.03 Å². The van der Waals surface area contributed by atoms with Crippen molar-refractivity contribution in [2.75, 3.05) is 13.1 Å². The minimum atomic E-state index is -0.259. The Morgan fingerprint density at radius 1 is 1.12 bits per heavy atom. The molecular formula is C23H31FN6O2. The molecule has 9 heteroatoms. The summed E-state index contributed by atoms with van der Waals surface area (Å²) in [5.74, 6) is -0.259. The van der Waals surface area contributed by atoms with Gasteiger partial charge in [0, 0.05) is 31.7 Å². The maximum atomic E-state index is 13.5. The third-order valence-corrected chi connectivity index (χ3v) is 6.89. The number of carbonyl (C=O) groups is 1. The molecule has 5 rings (SSSR count). The highest BCUT2D eigenvalue weighted by atomic mass is 19.1. The van der Waals surface area contributed by atoms with E-state index in [0.717, 1.165) is 62.3 Å². The van der Waals surface area contributed by atoms with Crippen LogP contribution in [0.2, 0.25) is 0 Å². The molecule has 0 bridgehead atoms. The van der Waals surface area contributed by atoms with E-state index in [1.807, 2.05) is 10.7 Å². The molecule has 2 fully saturated rings. The van der Waals surface area contributed by atoms with E-state index in [2.05, 4.69) is 25.8 Å². The number of amides is 2. The Morgan fingerprint density at radius 3 is 2.62 bits per heavy atom. The van der Waals surface area contributed by atoms with E-state index in [9.17, 15) is 9.18 Å². The van der Waals surface area contributed by atoms with Crippen molar-refractivity contribution in [1.82, 2.24) is 30.5 Å². The molecule has 1 aliphatic carbocycles. The van der Waals surface area contributed by atoms with E-state index in [-0.39, 0.29) is 24.0 Å². The molecule has 172 valence electrons. The number of nitrogens with zero attached hydrogens (tertiary/aromatic N) is 4. The van der Waals surface area contributed by atoms with Crippen molar-refractivity contribution < 1.29 is 13.9 Å². The molecule has 1 saturated heterocycles. The molecule has 1 aromatic heterocycles. The lowest BCUT2D eigenvalue weighted by atomic mass is 10.0. The van der Waals surface area contributed by atoms with Gasteiger partial charge in [-0.15, -0.1) is 5.10 Å². The molecule has 2 amide bonds. The highest BCUT2D eigenvalue weighted by Gasteiger charge is 2.28. The van der Waals surface area contributed by atoms with Crippen LogP contribution in [0.25, 0.3) is 0 Å². The molecule has 1 saturated carbocycles. The van der Waals surface area contributed by atoms with Gasteiger partial charge in [-0.25, -0.2) is 13.9 Å². The van der Waals surface area contributed by atoms with Gasteiger partial charge < -0.3 is 15.4 Å². The molecule has 1 aromatic carbocycles. The lowest BCUT2D eigenvalue weighted by molar-refractivity contribution is -0.00232. The third kappa shape index (κ3) is 4.94. The largest absolute Gasteiger partial charge is 0.365 e. The first kappa shape index (κ1) is 21.3. The fourth-order valence-electron chi connectivity index (χ4n) is 5.02. The Labute approximate surface area is 187 Å². The Kier molecular flexibility index (Phi) is 6.36. The van der Waals surface area contributed by atoms with Crippen molar-refractivity contribution in [3.8, 4) is 0 Å². The van der Waals surface area contributed by atoms with Crippen molar-refractivity contribution in [3.63, 3.8) is 0 Å². The summed E-state index contributed by atoms with van der Waals surface area (Å²) in [6.07, 6.45) is 6.27. The molecule has 1 unspecified atom stereocenters. The summed E-state index contributed by atoms with van der Waals surface area (Å²) in [5, 5.41) is 15.0. The summed E-state index contributed by atoms with van der Waals surface area (Å²) in [6.45, 7) is 3.50. The van der Waals surface area contributed by atoms with Crippen LogP contribution < -0.4 is 10.6 Å². The van der Waals surface area contributed by atoms with Crippen molar-refractivity contribution in [2.45, 2.75) is 76.4 Å². The van der Waals surface area contributed by atoms with Gasteiger partial charge in [0.1, 0.15) is 17.6 Å². The minimum Gasteiger partial charge on any atom is -0.365 e. The van der Waals surface area contributed by atoms with Gasteiger partial charge in [0.15, 0.2) is 0 Å². The molecule has 2 aliphatic heterocycles. The number of piperidine rings is 1.